The van der Waals surface area contributed by atoms with Crippen LogP contribution in [0.1, 0.15) is 63.2 Å². The first-order valence-corrected chi connectivity index (χ1v) is 7.16. The lowest BCUT2D eigenvalue weighted by atomic mass is 9.96. The summed E-state index contributed by atoms with van der Waals surface area (Å²) in [6, 6.07) is -0.0599. The largest absolute Gasteiger partial charge is 0.481 e. The Morgan fingerprint density at radius 2 is 2.21 bits per heavy atom. The predicted octanol–water partition coefficient (Wildman–Crippen LogP) is 2.00. The molecular formula is C13H20N4O2. The molecular weight excluding hydrogens is 244 g/mol. The van der Waals surface area contributed by atoms with Crippen molar-refractivity contribution in [2.45, 2.75) is 57.4 Å². The Morgan fingerprint density at radius 1 is 1.42 bits per heavy atom. The second-order valence-electron chi connectivity index (χ2n) is 6.00. The van der Waals surface area contributed by atoms with Crippen molar-refractivity contribution in [3.63, 3.8) is 0 Å². The highest BCUT2D eigenvalue weighted by molar-refractivity contribution is 5.67. The minimum atomic E-state index is -0.766. The summed E-state index contributed by atoms with van der Waals surface area (Å²) in [4.78, 5) is 11.1. The minimum absolute atomic E-state index is 0.0599. The van der Waals surface area contributed by atoms with Crippen molar-refractivity contribution < 1.29 is 9.90 Å². The number of hydrogen-bond acceptors (Lipinski definition) is 4. The molecule has 3 atom stereocenters. The van der Waals surface area contributed by atoms with Gasteiger partial charge in [0.15, 0.2) is 5.82 Å². The van der Waals surface area contributed by atoms with Gasteiger partial charge in [-0.05, 0) is 47.9 Å². The summed E-state index contributed by atoms with van der Waals surface area (Å²) in [5, 5.41) is 21.2. The summed E-state index contributed by atoms with van der Waals surface area (Å²) in [5.41, 5.74) is 0. The smallest absolute Gasteiger partial charge is 0.305 e. The Bertz CT molecular complexity index is 469. The molecule has 3 unspecified atom stereocenters. The summed E-state index contributed by atoms with van der Waals surface area (Å²) < 4.78 is 1.82. The molecule has 1 aromatic rings. The maximum absolute atomic E-state index is 11.1. The predicted molar refractivity (Wildman–Crippen MR) is 67.6 cm³/mol. The van der Waals surface area contributed by atoms with Gasteiger partial charge in [0, 0.05) is 5.92 Å². The lowest BCUT2D eigenvalue weighted by Crippen LogP contribution is -2.21. The van der Waals surface area contributed by atoms with Crippen LogP contribution in [-0.2, 0) is 4.79 Å². The molecule has 1 N–H and O–H groups in total. The molecule has 6 nitrogen and oxygen atoms in total. The van der Waals surface area contributed by atoms with Gasteiger partial charge in [0.25, 0.3) is 0 Å². The molecule has 0 bridgehead atoms. The second-order valence-corrected chi connectivity index (χ2v) is 6.00. The molecule has 0 spiro atoms. The summed E-state index contributed by atoms with van der Waals surface area (Å²) in [6.45, 7) is 2.24. The highest BCUT2D eigenvalue weighted by Gasteiger charge is 2.38. The fraction of sp³-hybridized carbons (Fsp3) is 0.846. The van der Waals surface area contributed by atoms with Gasteiger partial charge in [-0.15, -0.1) is 5.10 Å². The van der Waals surface area contributed by atoms with Crippen LogP contribution in [0.5, 0.6) is 0 Å². The average molecular weight is 264 g/mol. The van der Waals surface area contributed by atoms with Crippen molar-refractivity contribution >= 4 is 5.97 Å². The van der Waals surface area contributed by atoms with Crippen molar-refractivity contribution in [1.29, 1.82) is 0 Å². The minimum Gasteiger partial charge on any atom is -0.481 e. The summed E-state index contributed by atoms with van der Waals surface area (Å²) in [5.74, 6) is 1.57. The number of carbonyl (C=O) groups is 1. The van der Waals surface area contributed by atoms with E-state index >= 15 is 0 Å². The molecule has 0 radical (unpaired) electrons. The molecule has 2 aliphatic carbocycles. The third-order valence-electron chi connectivity index (χ3n) is 4.58. The normalized spacial score (nSPS) is 28.5. The molecule has 2 saturated carbocycles. The second kappa shape index (κ2) is 4.90. The fourth-order valence-electron chi connectivity index (χ4n) is 3.32. The Balaban J connectivity index is 1.86. The monoisotopic (exact) mass is 264 g/mol. The zero-order valence-electron chi connectivity index (χ0n) is 11.2. The topological polar surface area (TPSA) is 80.9 Å². The highest BCUT2D eigenvalue weighted by Crippen LogP contribution is 2.44. The first-order chi connectivity index (χ1) is 9.16. The lowest BCUT2D eigenvalue weighted by molar-refractivity contribution is -0.138. The van der Waals surface area contributed by atoms with Crippen LogP contribution in [0.2, 0.25) is 0 Å². The van der Waals surface area contributed by atoms with Gasteiger partial charge in [-0.1, -0.05) is 13.3 Å². The fourth-order valence-corrected chi connectivity index (χ4v) is 3.32. The SMILES string of the molecule is CC1CCCC1c1nnnn1C(CC(=O)O)C1CC1. The molecule has 0 aromatic carbocycles. The first kappa shape index (κ1) is 12.6. The maximum atomic E-state index is 11.1. The molecule has 6 heteroatoms. The zero-order valence-corrected chi connectivity index (χ0v) is 11.2. The number of aromatic nitrogens is 4. The molecule has 104 valence electrons. The number of tetrazole rings is 1. The molecule has 0 amide bonds. The van der Waals surface area contributed by atoms with Crippen LogP contribution in [0.25, 0.3) is 0 Å². The quantitative estimate of drug-likeness (QED) is 0.879. The summed E-state index contributed by atoms with van der Waals surface area (Å²) >= 11 is 0. The van der Waals surface area contributed by atoms with E-state index in [4.69, 9.17) is 5.11 Å². The van der Waals surface area contributed by atoms with Gasteiger partial charge in [-0.25, -0.2) is 4.68 Å². The number of hydrogen-bond donors (Lipinski definition) is 1. The van der Waals surface area contributed by atoms with Gasteiger partial charge in [-0.2, -0.15) is 0 Å². The average Bonchev–Trinajstić information content (AvgIpc) is 2.94. The van der Waals surface area contributed by atoms with Crippen LogP contribution in [0, 0.1) is 11.8 Å². The van der Waals surface area contributed by atoms with Gasteiger partial charge in [-0.3, -0.25) is 4.79 Å². The van der Waals surface area contributed by atoms with Gasteiger partial charge in [0.05, 0.1) is 12.5 Å². The van der Waals surface area contributed by atoms with E-state index in [-0.39, 0.29) is 12.5 Å². The molecule has 19 heavy (non-hydrogen) atoms. The summed E-state index contributed by atoms with van der Waals surface area (Å²) in [7, 11) is 0. The van der Waals surface area contributed by atoms with Crippen LogP contribution in [0.3, 0.4) is 0 Å². The van der Waals surface area contributed by atoms with Crippen LogP contribution in [-0.4, -0.2) is 31.3 Å². The zero-order chi connectivity index (χ0) is 13.4. The number of carboxylic acid groups (broad SMARTS) is 1. The first-order valence-electron chi connectivity index (χ1n) is 7.16. The highest BCUT2D eigenvalue weighted by atomic mass is 16.4. The Kier molecular flexibility index (Phi) is 3.24. The number of aliphatic carboxylic acids is 1. The van der Waals surface area contributed by atoms with Crippen molar-refractivity contribution in [2.24, 2.45) is 11.8 Å². The van der Waals surface area contributed by atoms with E-state index in [1.54, 1.807) is 0 Å². The Hall–Kier alpha value is -1.46. The van der Waals surface area contributed by atoms with Crippen LogP contribution < -0.4 is 0 Å². The van der Waals surface area contributed by atoms with E-state index in [2.05, 4.69) is 22.4 Å². The number of rotatable bonds is 5. The number of carboxylic acids is 1. The van der Waals surface area contributed by atoms with E-state index in [9.17, 15) is 4.79 Å². The van der Waals surface area contributed by atoms with E-state index in [1.165, 1.54) is 12.8 Å². The standard InChI is InChI=1S/C13H20N4O2/c1-8-3-2-4-10(8)13-14-15-16-17(13)11(7-12(18)19)9-5-6-9/h8-11H,2-7H2,1H3,(H,18,19). The molecule has 1 heterocycles. The van der Waals surface area contributed by atoms with Crippen molar-refractivity contribution in [3.8, 4) is 0 Å². The van der Waals surface area contributed by atoms with Gasteiger partial charge >= 0.3 is 5.97 Å². The third kappa shape index (κ3) is 2.48. The molecule has 0 aliphatic heterocycles. The molecule has 3 rings (SSSR count). The van der Waals surface area contributed by atoms with Gasteiger partial charge < -0.3 is 5.11 Å². The number of nitrogens with zero attached hydrogens (tertiary/aromatic N) is 4. The van der Waals surface area contributed by atoms with Crippen LogP contribution in [0.15, 0.2) is 0 Å². The Labute approximate surface area is 112 Å². The van der Waals surface area contributed by atoms with Crippen molar-refractivity contribution in [1.82, 2.24) is 20.2 Å². The van der Waals surface area contributed by atoms with E-state index < -0.39 is 5.97 Å². The molecule has 2 aliphatic rings. The van der Waals surface area contributed by atoms with E-state index in [0.29, 0.717) is 17.8 Å². The maximum Gasteiger partial charge on any atom is 0.305 e. The van der Waals surface area contributed by atoms with Crippen molar-refractivity contribution in [3.05, 3.63) is 5.82 Å². The molecule has 1 aromatic heterocycles. The van der Waals surface area contributed by atoms with Crippen LogP contribution >= 0.6 is 0 Å². The van der Waals surface area contributed by atoms with Gasteiger partial charge in [0.2, 0.25) is 0 Å². The van der Waals surface area contributed by atoms with Gasteiger partial charge in [0.1, 0.15) is 0 Å². The van der Waals surface area contributed by atoms with Crippen LogP contribution in [0.4, 0.5) is 0 Å². The Morgan fingerprint density at radius 3 is 2.79 bits per heavy atom. The molecule has 0 saturated heterocycles. The molecule has 2 fully saturated rings. The summed E-state index contributed by atoms with van der Waals surface area (Å²) in [6.07, 6.45) is 5.86. The van der Waals surface area contributed by atoms with E-state index in [0.717, 1.165) is 25.1 Å². The van der Waals surface area contributed by atoms with Crippen molar-refractivity contribution in [2.75, 3.05) is 0 Å². The lowest BCUT2D eigenvalue weighted by Gasteiger charge is -2.20. The third-order valence-corrected chi connectivity index (χ3v) is 4.58. The van der Waals surface area contributed by atoms with E-state index in [1.807, 2.05) is 4.68 Å².